The summed E-state index contributed by atoms with van der Waals surface area (Å²) in [4.78, 5) is 33.9. The molecule has 0 atom stereocenters. The minimum absolute atomic E-state index is 0.0626. The van der Waals surface area contributed by atoms with Gasteiger partial charge in [0, 0.05) is 23.6 Å². The molecule has 1 aromatic carbocycles. The lowest BCUT2D eigenvalue weighted by molar-refractivity contribution is -0.131. The average Bonchev–Trinajstić information content (AvgIpc) is 2.97. The van der Waals surface area contributed by atoms with Gasteiger partial charge in [-0.25, -0.2) is 4.98 Å². The number of aryl methyl sites for hydroxylation is 1. The van der Waals surface area contributed by atoms with Gasteiger partial charge in [0.25, 0.3) is 5.56 Å². The third-order valence-electron chi connectivity index (χ3n) is 4.43. The monoisotopic (exact) mass is 422 g/mol. The molecule has 7 nitrogen and oxygen atoms in total. The lowest BCUT2D eigenvalue weighted by Gasteiger charge is -2.21. The third kappa shape index (κ3) is 4.54. The van der Waals surface area contributed by atoms with E-state index in [0.29, 0.717) is 40.4 Å². The number of aromatic amines is 1. The fourth-order valence-corrected chi connectivity index (χ4v) is 3.44. The molecule has 0 bridgehead atoms. The average molecular weight is 423 g/mol. The fraction of sp³-hybridized carbons (Fsp3) is 0.368. The molecule has 1 amide bonds. The lowest BCUT2D eigenvalue weighted by Crippen LogP contribution is -2.33. The van der Waals surface area contributed by atoms with E-state index < -0.39 is 0 Å². The topological polar surface area (TPSA) is 92.1 Å². The number of aromatic nitrogens is 3. The zero-order chi connectivity index (χ0) is 20.3. The van der Waals surface area contributed by atoms with Crippen molar-refractivity contribution in [3.8, 4) is 0 Å². The molecule has 2 heterocycles. The van der Waals surface area contributed by atoms with Crippen LogP contribution in [0.1, 0.15) is 36.8 Å². The first-order valence-electron chi connectivity index (χ1n) is 8.96. The molecule has 0 fully saturated rings. The van der Waals surface area contributed by atoms with Crippen molar-refractivity contribution in [2.24, 2.45) is 0 Å². The second-order valence-electron chi connectivity index (χ2n) is 6.51. The maximum absolute atomic E-state index is 12.7. The van der Waals surface area contributed by atoms with E-state index in [0.717, 1.165) is 12.0 Å². The number of halogens is 2. The van der Waals surface area contributed by atoms with Crippen LogP contribution in [-0.4, -0.2) is 32.5 Å². The van der Waals surface area contributed by atoms with Crippen molar-refractivity contribution in [2.45, 2.75) is 39.7 Å². The molecule has 148 valence electrons. The second kappa shape index (κ2) is 8.75. The fourth-order valence-electron chi connectivity index (χ4n) is 3.01. The normalized spacial score (nSPS) is 11.1. The maximum Gasteiger partial charge on any atom is 0.258 e. The van der Waals surface area contributed by atoms with Crippen LogP contribution in [0.15, 0.2) is 27.5 Å². The van der Waals surface area contributed by atoms with Crippen LogP contribution in [-0.2, 0) is 17.8 Å². The number of H-pyrrole nitrogens is 1. The van der Waals surface area contributed by atoms with Crippen molar-refractivity contribution in [3.63, 3.8) is 0 Å². The number of rotatable bonds is 7. The van der Waals surface area contributed by atoms with Crippen LogP contribution in [0.4, 0.5) is 0 Å². The molecule has 0 saturated heterocycles. The molecule has 0 aliphatic heterocycles. The Morgan fingerprint density at radius 1 is 1.32 bits per heavy atom. The zero-order valence-electron chi connectivity index (χ0n) is 15.6. The second-order valence-corrected chi connectivity index (χ2v) is 7.29. The Labute approximate surface area is 171 Å². The van der Waals surface area contributed by atoms with Gasteiger partial charge in [0.1, 0.15) is 5.82 Å². The van der Waals surface area contributed by atoms with Gasteiger partial charge in [-0.2, -0.15) is 0 Å². The van der Waals surface area contributed by atoms with E-state index in [1.165, 1.54) is 0 Å². The molecule has 3 aromatic rings. The van der Waals surface area contributed by atoms with E-state index in [2.05, 4.69) is 15.1 Å². The standard InChI is InChI=1S/C19H20Cl2N4O3/c1-3-8-25(17(26)7-6-13-11(2)24-28-18(13)21)10-16-22-15-9-12(20)4-5-14(15)19(27)23-16/h4-5,9H,3,6-8,10H2,1-2H3,(H,22,23,27). The summed E-state index contributed by atoms with van der Waals surface area (Å²) in [6, 6.07) is 4.91. The molecule has 0 spiro atoms. The van der Waals surface area contributed by atoms with E-state index >= 15 is 0 Å². The highest BCUT2D eigenvalue weighted by atomic mass is 35.5. The largest absolute Gasteiger partial charge is 0.344 e. The first-order valence-corrected chi connectivity index (χ1v) is 9.71. The lowest BCUT2D eigenvalue weighted by atomic mass is 10.1. The van der Waals surface area contributed by atoms with Crippen LogP contribution in [0.25, 0.3) is 10.9 Å². The van der Waals surface area contributed by atoms with E-state index in [4.69, 9.17) is 27.7 Å². The van der Waals surface area contributed by atoms with E-state index in [1.807, 2.05) is 6.92 Å². The van der Waals surface area contributed by atoms with Gasteiger partial charge in [-0.15, -0.1) is 0 Å². The van der Waals surface area contributed by atoms with Gasteiger partial charge in [-0.3, -0.25) is 9.59 Å². The Balaban J connectivity index is 1.77. The van der Waals surface area contributed by atoms with Crippen LogP contribution in [0, 0.1) is 6.92 Å². The Hall–Kier alpha value is -2.38. The predicted molar refractivity (Wildman–Crippen MR) is 108 cm³/mol. The van der Waals surface area contributed by atoms with Crippen LogP contribution in [0.2, 0.25) is 10.2 Å². The van der Waals surface area contributed by atoms with Gasteiger partial charge in [-0.05, 0) is 49.6 Å². The van der Waals surface area contributed by atoms with Crippen molar-refractivity contribution < 1.29 is 9.32 Å². The molecular formula is C19H20Cl2N4O3. The minimum atomic E-state index is -0.257. The number of hydrogen-bond donors (Lipinski definition) is 1. The molecule has 1 N–H and O–H groups in total. The van der Waals surface area contributed by atoms with Gasteiger partial charge in [-0.1, -0.05) is 23.7 Å². The van der Waals surface area contributed by atoms with Crippen LogP contribution >= 0.6 is 23.2 Å². The number of amides is 1. The molecule has 28 heavy (non-hydrogen) atoms. The van der Waals surface area contributed by atoms with E-state index in [9.17, 15) is 9.59 Å². The van der Waals surface area contributed by atoms with Gasteiger partial charge in [0.05, 0.1) is 23.1 Å². The molecule has 9 heteroatoms. The van der Waals surface area contributed by atoms with Gasteiger partial charge >= 0.3 is 0 Å². The SMILES string of the molecule is CCCN(Cc1nc2cc(Cl)ccc2c(=O)[nH]1)C(=O)CCc1c(C)noc1Cl. The highest BCUT2D eigenvalue weighted by Gasteiger charge is 2.18. The highest BCUT2D eigenvalue weighted by Crippen LogP contribution is 2.21. The first kappa shape index (κ1) is 20.4. The Kier molecular flexibility index (Phi) is 6.36. The molecule has 0 unspecified atom stereocenters. The van der Waals surface area contributed by atoms with E-state index in [-0.39, 0.29) is 29.7 Å². The number of fused-ring (bicyclic) bond motifs is 1. The third-order valence-corrected chi connectivity index (χ3v) is 4.96. The van der Waals surface area contributed by atoms with Gasteiger partial charge in [0.2, 0.25) is 11.1 Å². The number of benzene rings is 1. The minimum Gasteiger partial charge on any atom is -0.344 e. The smallest absolute Gasteiger partial charge is 0.258 e. The highest BCUT2D eigenvalue weighted by molar-refractivity contribution is 6.31. The Bertz CT molecular complexity index is 1040. The van der Waals surface area contributed by atoms with Crippen molar-refractivity contribution in [1.29, 1.82) is 0 Å². The molecule has 0 aliphatic carbocycles. The van der Waals surface area contributed by atoms with Crippen LogP contribution < -0.4 is 5.56 Å². The Morgan fingerprint density at radius 2 is 2.11 bits per heavy atom. The summed E-state index contributed by atoms with van der Waals surface area (Å²) in [7, 11) is 0. The maximum atomic E-state index is 12.7. The quantitative estimate of drug-likeness (QED) is 0.622. The first-order chi connectivity index (χ1) is 13.4. The summed E-state index contributed by atoms with van der Waals surface area (Å²) in [6.45, 7) is 4.53. The van der Waals surface area contributed by atoms with Gasteiger partial charge < -0.3 is 14.4 Å². The molecular weight excluding hydrogens is 403 g/mol. The number of hydrogen-bond acceptors (Lipinski definition) is 5. The van der Waals surface area contributed by atoms with Crippen molar-refractivity contribution >= 4 is 40.0 Å². The van der Waals surface area contributed by atoms with Gasteiger partial charge in [0.15, 0.2) is 0 Å². The molecule has 0 radical (unpaired) electrons. The van der Waals surface area contributed by atoms with Crippen molar-refractivity contribution in [3.05, 3.63) is 55.9 Å². The zero-order valence-corrected chi connectivity index (χ0v) is 17.1. The summed E-state index contributed by atoms with van der Waals surface area (Å²) in [5, 5.41) is 4.97. The van der Waals surface area contributed by atoms with Crippen molar-refractivity contribution in [2.75, 3.05) is 6.54 Å². The molecule has 3 rings (SSSR count). The summed E-state index contributed by atoms with van der Waals surface area (Å²) in [5.41, 5.74) is 1.66. The summed E-state index contributed by atoms with van der Waals surface area (Å²) in [6.07, 6.45) is 1.47. The number of nitrogens with one attached hydrogen (secondary N) is 1. The number of carbonyl (C=O) groups is 1. The summed E-state index contributed by atoms with van der Waals surface area (Å²) in [5.74, 6) is 0.355. The summed E-state index contributed by atoms with van der Waals surface area (Å²) >= 11 is 12.0. The van der Waals surface area contributed by atoms with Crippen molar-refractivity contribution in [1.82, 2.24) is 20.0 Å². The Morgan fingerprint density at radius 3 is 2.79 bits per heavy atom. The molecule has 2 aromatic heterocycles. The van der Waals surface area contributed by atoms with Crippen LogP contribution in [0.5, 0.6) is 0 Å². The summed E-state index contributed by atoms with van der Waals surface area (Å²) < 4.78 is 4.92. The number of nitrogens with zero attached hydrogens (tertiary/aromatic N) is 3. The number of carbonyl (C=O) groups excluding carboxylic acids is 1. The molecule has 0 aliphatic rings. The van der Waals surface area contributed by atoms with Crippen LogP contribution in [0.3, 0.4) is 0 Å². The van der Waals surface area contributed by atoms with E-state index in [1.54, 1.807) is 30.0 Å². The molecule has 0 saturated carbocycles. The predicted octanol–water partition coefficient (Wildman–Crippen LogP) is 3.90.